The Balaban J connectivity index is 2.23. The molecule has 0 saturated heterocycles. The molecule has 1 aliphatic rings. The van der Waals surface area contributed by atoms with E-state index in [1.165, 1.54) is 12.8 Å². The summed E-state index contributed by atoms with van der Waals surface area (Å²) in [5.41, 5.74) is -0.0896. The van der Waals surface area contributed by atoms with E-state index in [0.717, 1.165) is 5.11 Å². The summed E-state index contributed by atoms with van der Waals surface area (Å²) in [5.74, 6) is 0. The molecule has 0 atom stereocenters. The highest BCUT2D eigenvalue weighted by molar-refractivity contribution is 7.80. The Hall–Kier alpha value is -0.350. The summed E-state index contributed by atoms with van der Waals surface area (Å²) in [6.07, 6.45) is 2.49. The average Bonchev–Trinajstić information content (AvgIpc) is 2.68. The molecular weight excluding hydrogens is 184 g/mol. The topological polar surface area (TPSA) is 33.3 Å². The van der Waals surface area contributed by atoms with Crippen LogP contribution in [0.4, 0.5) is 0 Å². The fourth-order valence-electron chi connectivity index (χ4n) is 1.15. The van der Waals surface area contributed by atoms with E-state index in [1.54, 1.807) is 7.11 Å². The molecule has 1 saturated carbocycles. The van der Waals surface area contributed by atoms with Crippen LogP contribution in [0.2, 0.25) is 0 Å². The molecule has 0 amide bonds. The van der Waals surface area contributed by atoms with E-state index in [1.807, 2.05) is 0 Å². The van der Waals surface area contributed by atoms with E-state index in [2.05, 4.69) is 24.5 Å². The van der Waals surface area contributed by atoms with Crippen molar-refractivity contribution in [3.05, 3.63) is 0 Å². The molecule has 0 unspecified atom stereocenters. The molecule has 0 aromatic rings. The van der Waals surface area contributed by atoms with Crippen molar-refractivity contribution in [2.24, 2.45) is 0 Å². The van der Waals surface area contributed by atoms with Gasteiger partial charge in [0.2, 0.25) is 0 Å². The quantitative estimate of drug-likeness (QED) is 0.667. The maximum atomic E-state index is 5.15. The first-order valence-corrected chi connectivity index (χ1v) is 5.02. The van der Waals surface area contributed by atoms with Crippen LogP contribution in [-0.4, -0.2) is 30.4 Å². The molecule has 13 heavy (non-hydrogen) atoms. The number of hydrogen-bond donors (Lipinski definition) is 2. The Bertz CT molecular complexity index is 190. The summed E-state index contributed by atoms with van der Waals surface area (Å²) < 4.78 is 5.08. The van der Waals surface area contributed by atoms with Crippen molar-refractivity contribution in [2.75, 3.05) is 13.7 Å². The Kier molecular flexibility index (Phi) is 3.50. The van der Waals surface area contributed by atoms with Crippen molar-refractivity contribution >= 4 is 17.3 Å². The zero-order chi connectivity index (χ0) is 9.90. The predicted octanol–water partition coefficient (Wildman–Crippen LogP) is 1.04. The molecule has 1 rings (SSSR count). The molecule has 2 N–H and O–H groups in total. The van der Waals surface area contributed by atoms with Gasteiger partial charge in [0, 0.05) is 13.2 Å². The zero-order valence-corrected chi connectivity index (χ0v) is 9.33. The number of ether oxygens (including phenoxy) is 1. The van der Waals surface area contributed by atoms with E-state index in [-0.39, 0.29) is 5.54 Å². The molecule has 76 valence electrons. The number of rotatable bonds is 4. The van der Waals surface area contributed by atoms with Crippen molar-refractivity contribution in [3.63, 3.8) is 0 Å². The van der Waals surface area contributed by atoms with Gasteiger partial charge < -0.3 is 15.4 Å². The van der Waals surface area contributed by atoms with E-state index in [9.17, 15) is 0 Å². The van der Waals surface area contributed by atoms with Gasteiger partial charge in [-0.1, -0.05) is 0 Å². The second kappa shape index (κ2) is 4.24. The van der Waals surface area contributed by atoms with Gasteiger partial charge in [0.15, 0.2) is 5.11 Å². The van der Waals surface area contributed by atoms with Crippen LogP contribution in [0.3, 0.4) is 0 Å². The van der Waals surface area contributed by atoms with Crippen LogP contribution in [0, 0.1) is 0 Å². The molecule has 0 spiro atoms. The summed E-state index contributed by atoms with van der Waals surface area (Å²) in [6.45, 7) is 4.79. The summed E-state index contributed by atoms with van der Waals surface area (Å²) in [7, 11) is 1.70. The Morgan fingerprint density at radius 1 is 1.54 bits per heavy atom. The van der Waals surface area contributed by atoms with Gasteiger partial charge in [0.05, 0.1) is 12.1 Å². The predicted molar refractivity (Wildman–Crippen MR) is 57.8 cm³/mol. The van der Waals surface area contributed by atoms with Crippen LogP contribution in [0.1, 0.15) is 26.7 Å². The van der Waals surface area contributed by atoms with Gasteiger partial charge >= 0.3 is 0 Å². The molecule has 0 aromatic carbocycles. The lowest BCUT2D eigenvalue weighted by atomic mass is 10.1. The van der Waals surface area contributed by atoms with Crippen LogP contribution >= 0.6 is 12.2 Å². The highest BCUT2D eigenvalue weighted by atomic mass is 32.1. The van der Waals surface area contributed by atoms with Gasteiger partial charge in [-0.2, -0.15) is 0 Å². The van der Waals surface area contributed by atoms with Gasteiger partial charge in [-0.05, 0) is 38.9 Å². The maximum absolute atomic E-state index is 5.15. The van der Waals surface area contributed by atoms with Gasteiger partial charge in [0.25, 0.3) is 0 Å². The first-order chi connectivity index (χ1) is 6.03. The number of nitrogens with one attached hydrogen (secondary N) is 2. The summed E-state index contributed by atoms with van der Waals surface area (Å²) in [5, 5.41) is 7.20. The van der Waals surface area contributed by atoms with E-state index >= 15 is 0 Å². The van der Waals surface area contributed by atoms with Crippen molar-refractivity contribution in [1.82, 2.24) is 10.6 Å². The monoisotopic (exact) mass is 202 g/mol. The van der Waals surface area contributed by atoms with Gasteiger partial charge in [-0.15, -0.1) is 0 Å². The first-order valence-electron chi connectivity index (χ1n) is 4.61. The molecule has 1 fully saturated rings. The number of methoxy groups -OCH3 is 1. The number of thiocarbonyl (C=S) groups is 1. The average molecular weight is 202 g/mol. The Morgan fingerprint density at radius 3 is 2.62 bits per heavy atom. The minimum atomic E-state index is -0.0896. The SMILES string of the molecule is COCC(C)(C)NC(=S)NC1CC1. The second-order valence-corrected chi connectivity index (χ2v) is 4.60. The summed E-state index contributed by atoms with van der Waals surface area (Å²) in [6, 6.07) is 0.610. The van der Waals surface area contributed by atoms with Crippen LogP contribution in [0.5, 0.6) is 0 Å². The van der Waals surface area contributed by atoms with Gasteiger partial charge in [-0.25, -0.2) is 0 Å². The lowest BCUT2D eigenvalue weighted by Gasteiger charge is -2.27. The third kappa shape index (κ3) is 4.43. The fraction of sp³-hybridized carbons (Fsp3) is 0.889. The molecule has 0 heterocycles. The lowest BCUT2D eigenvalue weighted by molar-refractivity contribution is 0.139. The third-order valence-corrected chi connectivity index (χ3v) is 2.09. The standard InChI is InChI=1S/C9H18N2OS/c1-9(2,6-12-3)11-8(13)10-7-4-5-7/h7H,4-6H2,1-3H3,(H2,10,11,13). The Labute approximate surface area is 85.2 Å². The van der Waals surface area contributed by atoms with Crippen LogP contribution < -0.4 is 10.6 Å². The third-order valence-electron chi connectivity index (χ3n) is 1.87. The fourth-order valence-corrected chi connectivity index (χ4v) is 1.60. The Morgan fingerprint density at radius 2 is 2.15 bits per heavy atom. The second-order valence-electron chi connectivity index (χ2n) is 4.19. The van der Waals surface area contributed by atoms with Crippen molar-refractivity contribution in [2.45, 2.75) is 38.3 Å². The summed E-state index contributed by atoms with van der Waals surface area (Å²) >= 11 is 5.15. The van der Waals surface area contributed by atoms with Crippen molar-refractivity contribution in [1.29, 1.82) is 0 Å². The van der Waals surface area contributed by atoms with E-state index in [0.29, 0.717) is 12.6 Å². The minimum absolute atomic E-state index is 0.0896. The highest BCUT2D eigenvalue weighted by Gasteiger charge is 2.24. The molecule has 3 nitrogen and oxygen atoms in total. The first kappa shape index (κ1) is 10.7. The molecule has 4 heteroatoms. The van der Waals surface area contributed by atoms with Crippen LogP contribution in [0.15, 0.2) is 0 Å². The smallest absolute Gasteiger partial charge is 0.167 e. The molecule has 1 aliphatic carbocycles. The molecule has 0 radical (unpaired) electrons. The highest BCUT2D eigenvalue weighted by Crippen LogP contribution is 2.18. The maximum Gasteiger partial charge on any atom is 0.167 e. The van der Waals surface area contributed by atoms with Gasteiger partial charge in [0.1, 0.15) is 0 Å². The number of hydrogen-bond acceptors (Lipinski definition) is 2. The van der Waals surface area contributed by atoms with Crippen molar-refractivity contribution < 1.29 is 4.74 Å². The lowest BCUT2D eigenvalue weighted by Crippen LogP contribution is -2.51. The van der Waals surface area contributed by atoms with Crippen LogP contribution in [0.25, 0.3) is 0 Å². The zero-order valence-electron chi connectivity index (χ0n) is 8.52. The van der Waals surface area contributed by atoms with Gasteiger partial charge in [-0.3, -0.25) is 0 Å². The van der Waals surface area contributed by atoms with Crippen LogP contribution in [-0.2, 0) is 4.74 Å². The molecule has 0 bridgehead atoms. The van der Waals surface area contributed by atoms with E-state index < -0.39 is 0 Å². The van der Waals surface area contributed by atoms with Crippen molar-refractivity contribution in [3.8, 4) is 0 Å². The van der Waals surface area contributed by atoms with E-state index in [4.69, 9.17) is 17.0 Å². The summed E-state index contributed by atoms with van der Waals surface area (Å²) in [4.78, 5) is 0. The molecule has 0 aliphatic heterocycles. The largest absolute Gasteiger partial charge is 0.382 e. The minimum Gasteiger partial charge on any atom is -0.382 e. The molecule has 0 aromatic heterocycles. The normalized spacial score (nSPS) is 16.8. The molecular formula is C9H18N2OS.